The fourth-order valence-corrected chi connectivity index (χ4v) is 7.35. The van der Waals surface area contributed by atoms with Gasteiger partial charge in [-0.15, -0.1) is 0 Å². The van der Waals surface area contributed by atoms with Crippen molar-refractivity contribution in [3.05, 3.63) is 0 Å². The van der Waals surface area contributed by atoms with E-state index in [9.17, 15) is 0 Å². The maximum atomic E-state index is 6.24. The summed E-state index contributed by atoms with van der Waals surface area (Å²) >= 11 is -0.525. The fourth-order valence-electron chi connectivity index (χ4n) is 2.83. The van der Waals surface area contributed by atoms with E-state index in [1.807, 2.05) is 0 Å². The second kappa shape index (κ2) is 13.0. The summed E-state index contributed by atoms with van der Waals surface area (Å²) < 4.78 is 7.79. The van der Waals surface area contributed by atoms with Crippen molar-refractivity contribution in [1.29, 1.82) is 0 Å². The van der Waals surface area contributed by atoms with E-state index in [1.54, 1.807) is 0 Å². The first kappa shape index (κ1) is 23.7. The van der Waals surface area contributed by atoms with Crippen molar-refractivity contribution in [2.45, 2.75) is 109 Å². The average Bonchev–Trinajstić information content (AvgIpc) is 2.51. The molecular formula is C20H43NOSn. The first-order chi connectivity index (χ1) is 10.8. The molecule has 0 aromatic rings. The number of ether oxygens (including phenoxy) is 1. The molecule has 23 heavy (non-hydrogen) atoms. The summed E-state index contributed by atoms with van der Waals surface area (Å²) in [4.78, 5) is 0. The van der Waals surface area contributed by atoms with Crippen LogP contribution in [-0.4, -0.2) is 38.4 Å². The van der Waals surface area contributed by atoms with Gasteiger partial charge in [0.25, 0.3) is 0 Å². The SMILES string of the molecule is CCCC[C](CCCC)(CCCC)[Sn][CH2]OC[C@H](N)C(C)(C)C. The van der Waals surface area contributed by atoms with E-state index in [-0.39, 0.29) is 11.5 Å². The topological polar surface area (TPSA) is 35.2 Å². The van der Waals surface area contributed by atoms with E-state index in [0.29, 0.717) is 3.43 Å². The van der Waals surface area contributed by atoms with E-state index >= 15 is 0 Å². The summed E-state index contributed by atoms with van der Waals surface area (Å²) in [6, 6.07) is 0.151. The fraction of sp³-hybridized carbons (Fsp3) is 1.00. The normalized spacial score (nSPS) is 14.2. The summed E-state index contributed by atoms with van der Waals surface area (Å²) in [5.74, 6) is 0. The van der Waals surface area contributed by atoms with Gasteiger partial charge >= 0.3 is 157 Å². The summed E-state index contributed by atoms with van der Waals surface area (Å²) in [5, 5.41) is 0. The van der Waals surface area contributed by atoms with Crippen molar-refractivity contribution in [1.82, 2.24) is 0 Å². The molecule has 0 aromatic heterocycles. The monoisotopic (exact) mass is 433 g/mol. The van der Waals surface area contributed by atoms with Gasteiger partial charge in [0.1, 0.15) is 0 Å². The van der Waals surface area contributed by atoms with Crippen LogP contribution in [0.2, 0.25) is 3.43 Å². The number of rotatable bonds is 14. The van der Waals surface area contributed by atoms with Gasteiger partial charge in [-0.25, -0.2) is 0 Å². The Morgan fingerprint density at radius 3 is 1.65 bits per heavy atom. The van der Waals surface area contributed by atoms with Crippen molar-refractivity contribution < 1.29 is 4.74 Å². The molecule has 2 nitrogen and oxygen atoms in total. The Labute approximate surface area is 156 Å². The average molecular weight is 432 g/mol. The van der Waals surface area contributed by atoms with E-state index in [1.165, 1.54) is 57.8 Å². The van der Waals surface area contributed by atoms with E-state index in [4.69, 9.17) is 10.5 Å². The molecule has 0 saturated heterocycles. The zero-order valence-corrected chi connectivity index (χ0v) is 19.7. The second-order valence-electron chi connectivity index (χ2n) is 8.26. The van der Waals surface area contributed by atoms with Crippen LogP contribution in [0.1, 0.15) is 99.3 Å². The Morgan fingerprint density at radius 2 is 1.30 bits per heavy atom. The predicted octanol–water partition coefficient (Wildman–Crippen LogP) is 5.77. The van der Waals surface area contributed by atoms with Crippen LogP contribution in [0.25, 0.3) is 0 Å². The molecule has 0 aliphatic carbocycles. The van der Waals surface area contributed by atoms with Gasteiger partial charge in [0.05, 0.1) is 0 Å². The predicted molar refractivity (Wildman–Crippen MR) is 105 cm³/mol. The third-order valence-corrected chi connectivity index (χ3v) is 10.3. The second-order valence-corrected chi connectivity index (χ2v) is 13.1. The van der Waals surface area contributed by atoms with Crippen LogP contribution in [0, 0.1) is 5.41 Å². The van der Waals surface area contributed by atoms with Gasteiger partial charge in [-0.2, -0.15) is 0 Å². The van der Waals surface area contributed by atoms with Crippen molar-refractivity contribution in [3.63, 3.8) is 0 Å². The van der Waals surface area contributed by atoms with Gasteiger partial charge in [0.15, 0.2) is 0 Å². The molecular weight excluding hydrogens is 389 g/mol. The minimum absolute atomic E-state index is 0.148. The molecule has 0 saturated carbocycles. The maximum absolute atomic E-state index is 6.24. The first-order valence-corrected chi connectivity index (χ1v) is 13.3. The molecule has 2 radical (unpaired) electrons. The number of hydrogen-bond acceptors (Lipinski definition) is 2. The van der Waals surface area contributed by atoms with Crippen molar-refractivity contribution in [2.75, 3.05) is 11.2 Å². The van der Waals surface area contributed by atoms with Crippen LogP contribution in [0.3, 0.4) is 0 Å². The molecule has 0 aliphatic heterocycles. The van der Waals surface area contributed by atoms with Crippen LogP contribution in [-0.2, 0) is 4.74 Å². The molecule has 0 amide bonds. The number of unbranched alkanes of at least 4 members (excludes halogenated alkanes) is 3. The van der Waals surface area contributed by atoms with Gasteiger partial charge in [-0.3, -0.25) is 0 Å². The van der Waals surface area contributed by atoms with Crippen molar-refractivity contribution in [2.24, 2.45) is 11.1 Å². The van der Waals surface area contributed by atoms with Crippen molar-refractivity contribution in [3.8, 4) is 0 Å². The van der Waals surface area contributed by atoms with E-state index in [0.717, 1.165) is 11.2 Å². The molecule has 0 fully saturated rings. The van der Waals surface area contributed by atoms with Gasteiger partial charge in [-0.1, -0.05) is 0 Å². The van der Waals surface area contributed by atoms with Gasteiger partial charge in [0, 0.05) is 0 Å². The Kier molecular flexibility index (Phi) is 13.4. The Balaban J connectivity index is 4.51. The van der Waals surface area contributed by atoms with Crippen LogP contribution >= 0.6 is 0 Å². The van der Waals surface area contributed by atoms with E-state index < -0.39 is 21.1 Å². The molecule has 0 rings (SSSR count). The van der Waals surface area contributed by atoms with Crippen LogP contribution in [0.15, 0.2) is 0 Å². The molecule has 1 atom stereocenters. The third-order valence-electron chi connectivity index (χ3n) is 4.99. The minimum atomic E-state index is -0.525. The van der Waals surface area contributed by atoms with E-state index in [2.05, 4.69) is 41.5 Å². The molecule has 0 aromatic carbocycles. The van der Waals surface area contributed by atoms with Crippen molar-refractivity contribution >= 4 is 21.1 Å². The molecule has 0 aliphatic rings. The summed E-state index contributed by atoms with van der Waals surface area (Å²) in [7, 11) is 0. The summed E-state index contributed by atoms with van der Waals surface area (Å²) in [6.45, 7) is 14.3. The summed E-state index contributed by atoms with van der Waals surface area (Å²) in [5.41, 5.74) is 6.38. The molecule has 0 bridgehead atoms. The quantitative estimate of drug-likeness (QED) is 0.280. The zero-order valence-electron chi connectivity index (χ0n) is 16.8. The number of nitrogens with two attached hydrogens (primary N) is 1. The first-order valence-electron chi connectivity index (χ1n) is 9.89. The Morgan fingerprint density at radius 1 is 0.870 bits per heavy atom. The summed E-state index contributed by atoms with van der Waals surface area (Å²) in [6.07, 6.45) is 12.5. The van der Waals surface area contributed by atoms with Crippen LogP contribution < -0.4 is 5.73 Å². The molecule has 0 heterocycles. The Hall–Kier alpha value is 0.719. The van der Waals surface area contributed by atoms with Gasteiger partial charge in [-0.05, 0) is 0 Å². The molecule has 0 spiro atoms. The Bertz CT molecular complexity index is 254. The van der Waals surface area contributed by atoms with Gasteiger partial charge < -0.3 is 0 Å². The third kappa shape index (κ3) is 11.0. The molecule has 138 valence electrons. The zero-order chi connectivity index (χ0) is 17.8. The number of hydrogen-bond donors (Lipinski definition) is 1. The molecule has 3 heteroatoms. The molecule has 2 N–H and O–H groups in total. The van der Waals surface area contributed by atoms with Crippen LogP contribution in [0.4, 0.5) is 0 Å². The standard InChI is InChI=1S/C13H27.C7H16NO.Sn/c1-4-7-10-13(11-8-5-2)12-9-6-3;1-7(2,3)6(8)5-9-4;/h4-12H2,1-3H3;6H,4-5,8H2,1-3H3;/t;6-;/m.0./s1. The van der Waals surface area contributed by atoms with Gasteiger partial charge in [0.2, 0.25) is 0 Å². The molecule has 0 unspecified atom stereocenters. The van der Waals surface area contributed by atoms with Crippen LogP contribution in [0.5, 0.6) is 0 Å².